The predicted molar refractivity (Wildman–Crippen MR) is 70.2 cm³/mol. The van der Waals surface area contributed by atoms with E-state index >= 15 is 0 Å². The number of rotatable bonds is 4. The minimum atomic E-state index is 0. The van der Waals surface area contributed by atoms with Crippen LogP contribution >= 0.6 is 12.4 Å². The van der Waals surface area contributed by atoms with Crippen molar-refractivity contribution in [3.63, 3.8) is 0 Å². The Bertz CT molecular complexity index is 259. The number of hydrogen-bond donors (Lipinski definition) is 2. The number of carbonyl (C=O) groups is 1. The molecule has 0 bridgehead atoms. The number of nitrogens with one attached hydrogen (secondary N) is 2. The van der Waals surface area contributed by atoms with E-state index in [4.69, 9.17) is 0 Å². The van der Waals surface area contributed by atoms with Gasteiger partial charge in [-0.1, -0.05) is 0 Å². The van der Waals surface area contributed by atoms with Crippen LogP contribution in [0.3, 0.4) is 0 Å². The Morgan fingerprint density at radius 2 is 1.76 bits per heavy atom. The Morgan fingerprint density at radius 3 is 2.24 bits per heavy atom. The van der Waals surface area contributed by atoms with E-state index in [1.54, 1.807) is 0 Å². The first-order valence-corrected chi connectivity index (χ1v) is 6.85. The zero-order chi connectivity index (χ0) is 11.0. The molecular weight excluding hydrogens is 236 g/mol. The van der Waals surface area contributed by atoms with Gasteiger partial charge >= 0.3 is 0 Å². The van der Waals surface area contributed by atoms with Crippen LogP contribution in [-0.4, -0.2) is 25.0 Å². The molecule has 2 saturated carbocycles. The first-order chi connectivity index (χ1) is 7.84. The van der Waals surface area contributed by atoms with Crippen molar-refractivity contribution < 1.29 is 4.79 Å². The molecule has 1 amide bonds. The first kappa shape index (κ1) is 13.2. The highest BCUT2D eigenvalue weighted by Gasteiger charge is 2.45. The van der Waals surface area contributed by atoms with Gasteiger partial charge in [0.25, 0.3) is 0 Å². The Kier molecular flexibility index (Phi) is 4.31. The van der Waals surface area contributed by atoms with Crippen LogP contribution in [0.15, 0.2) is 0 Å². The average molecular weight is 259 g/mol. The zero-order valence-electron chi connectivity index (χ0n) is 10.3. The maximum atomic E-state index is 12.2. The standard InChI is InChI=1S/C13H22N2O.ClH/c16-13(15-11-2-1-7-14-8-11)12(9-3-4-9)10-5-6-10;/h9-12,14H,1-8H2,(H,15,16);1H. The van der Waals surface area contributed by atoms with Crippen LogP contribution in [0.25, 0.3) is 0 Å². The summed E-state index contributed by atoms with van der Waals surface area (Å²) in [5, 5.41) is 6.61. The molecule has 3 aliphatic rings. The minimum absolute atomic E-state index is 0. The van der Waals surface area contributed by atoms with Crippen LogP contribution in [0.2, 0.25) is 0 Å². The Morgan fingerprint density at radius 1 is 1.12 bits per heavy atom. The molecule has 98 valence electrons. The molecule has 2 aliphatic carbocycles. The molecule has 3 nitrogen and oxygen atoms in total. The lowest BCUT2D eigenvalue weighted by Crippen LogP contribution is -2.48. The lowest BCUT2D eigenvalue weighted by atomic mass is 9.96. The van der Waals surface area contributed by atoms with Gasteiger partial charge in [0, 0.05) is 18.5 Å². The number of amides is 1. The maximum absolute atomic E-state index is 12.2. The summed E-state index contributed by atoms with van der Waals surface area (Å²) in [5.74, 6) is 2.17. The van der Waals surface area contributed by atoms with Gasteiger partial charge in [-0.25, -0.2) is 0 Å². The Balaban J connectivity index is 0.00000108. The topological polar surface area (TPSA) is 41.1 Å². The number of hydrogen-bond acceptors (Lipinski definition) is 2. The van der Waals surface area contributed by atoms with E-state index in [9.17, 15) is 4.79 Å². The van der Waals surface area contributed by atoms with Crippen LogP contribution in [-0.2, 0) is 4.79 Å². The van der Waals surface area contributed by atoms with E-state index in [-0.39, 0.29) is 12.4 Å². The molecule has 1 heterocycles. The second-order valence-corrected chi connectivity index (χ2v) is 5.75. The van der Waals surface area contributed by atoms with Gasteiger partial charge in [0.15, 0.2) is 0 Å². The molecule has 0 aromatic heterocycles. The summed E-state index contributed by atoms with van der Waals surface area (Å²) in [6, 6.07) is 0.390. The fourth-order valence-corrected chi connectivity index (χ4v) is 3.00. The quantitative estimate of drug-likeness (QED) is 0.806. The summed E-state index contributed by atoms with van der Waals surface area (Å²) < 4.78 is 0. The normalized spacial score (nSPS) is 28.6. The van der Waals surface area contributed by atoms with Crippen molar-refractivity contribution in [1.82, 2.24) is 10.6 Å². The molecule has 2 N–H and O–H groups in total. The summed E-state index contributed by atoms with van der Waals surface area (Å²) in [5.41, 5.74) is 0. The van der Waals surface area contributed by atoms with Crippen molar-refractivity contribution >= 4 is 18.3 Å². The van der Waals surface area contributed by atoms with E-state index < -0.39 is 0 Å². The zero-order valence-corrected chi connectivity index (χ0v) is 11.1. The molecular formula is C13H23ClN2O. The van der Waals surface area contributed by atoms with Gasteiger partial charge < -0.3 is 10.6 Å². The number of piperidine rings is 1. The van der Waals surface area contributed by atoms with E-state index in [2.05, 4.69) is 10.6 Å². The lowest BCUT2D eigenvalue weighted by Gasteiger charge is -2.26. The van der Waals surface area contributed by atoms with Crippen molar-refractivity contribution in [2.45, 2.75) is 44.6 Å². The molecule has 1 atom stereocenters. The number of carbonyl (C=O) groups excluding carboxylic acids is 1. The smallest absolute Gasteiger partial charge is 0.223 e. The molecule has 1 aliphatic heterocycles. The van der Waals surface area contributed by atoms with Crippen LogP contribution in [0.5, 0.6) is 0 Å². The van der Waals surface area contributed by atoms with Crippen molar-refractivity contribution in [2.24, 2.45) is 17.8 Å². The minimum Gasteiger partial charge on any atom is -0.352 e. The van der Waals surface area contributed by atoms with Gasteiger partial charge in [-0.05, 0) is 56.9 Å². The van der Waals surface area contributed by atoms with Crippen LogP contribution < -0.4 is 10.6 Å². The second-order valence-electron chi connectivity index (χ2n) is 5.75. The highest BCUT2D eigenvalue weighted by atomic mass is 35.5. The number of halogens is 1. The van der Waals surface area contributed by atoms with Gasteiger partial charge in [-0.2, -0.15) is 0 Å². The van der Waals surface area contributed by atoms with Crippen molar-refractivity contribution in [3.05, 3.63) is 0 Å². The third kappa shape index (κ3) is 3.35. The third-order valence-corrected chi connectivity index (χ3v) is 4.21. The van der Waals surface area contributed by atoms with Gasteiger partial charge in [-0.3, -0.25) is 4.79 Å². The summed E-state index contributed by atoms with van der Waals surface area (Å²) in [6.45, 7) is 2.08. The van der Waals surface area contributed by atoms with Gasteiger partial charge in [-0.15, -0.1) is 12.4 Å². The van der Waals surface area contributed by atoms with Crippen LogP contribution in [0.1, 0.15) is 38.5 Å². The fraction of sp³-hybridized carbons (Fsp3) is 0.923. The van der Waals surface area contributed by atoms with Crippen molar-refractivity contribution in [3.8, 4) is 0 Å². The Hall–Kier alpha value is -0.280. The molecule has 4 heteroatoms. The maximum Gasteiger partial charge on any atom is 0.223 e. The molecule has 0 radical (unpaired) electrons. The lowest BCUT2D eigenvalue weighted by molar-refractivity contribution is -0.127. The summed E-state index contributed by atoms with van der Waals surface area (Å²) in [6.07, 6.45) is 7.51. The fourth-order valence-electron chi connectivity index (χ4n) is 3.00. The van der Waals surface area contributed by atoms with Crippen molar-refractivity contribution in [1.29, 1.82) is 0 Å². The molecule has 0 aromatic rings. The molecule has 17 heavy (non-hydrogen) atoms. The third-order valence-electron chi connectivity index (χ3n) is 4.21. The van der Waals surface area contributed by atoms with Crippen molar-refractivity contribution in [2.75, 3.05) is 13.1 Å². The first-order valence-electron chi connectivity index (χ1n) is 6.85. The summed E-state index contributed by atoms with van der Waals surface area (Å²) >= 11 is 0. The summed E-state index contributed by atoms with van der Waals surface area (Å²) in [4.78, 5) is 12.2. The van der Waals surface area contributed by atoms with E-state index in [1.807, 2.05) is 0 Å². The SMILES string of the molecule is Cl.O=C(NC1CCCNC1)C(C1CC1)C1CC1. The van der Waals surface area contributed by atoms with Crippen LogP contribution in [0, 0.1) is 17.8 Å². The average Bonchev–Trinajstić information content (AvgIpc) is 3.13. The van der Waals surface area contributed by atoms with E-state index in [0.717, 1.165) is 31.3 Å². The molecule has 0 spiro atoms. The predicted octanol–water partition coefficient (Wildman–Crippen LogP) is 1.71. The highest BCUT2D eigenvalue weighted by Crippen LogP contribution is 2.49. The highest BCUT2D eigenvalue weighted by molar-refractivity contribution is 5.85. The molecule has 3 fully saturated rings. The van der Waals surface area contributed by atoms with E-state index in [0.29, 0.717) is 17.9 Å². The largest absolute Gasteiger partial charge is 0.352 e. The van der Waals surface area contributed by atoms with E-state index in [1.165, 1.54) is 32.1 Å². The van der Waals surface area contributed by atoms with Gasteiger partial charge in [0.05, 0.1) is 0 Å². The van der Waals surface area contributed by atoms with Crippen LogP contribution in [0.4, 0.5) is 0 Å². The second kappa shape index (κ2) is 5.57. The molecule has 1 saturated heterocycles. The molecule has 1 unspecified atom stereocenters. The molecule has 0 aromatic carbocycles. The van der Waals surface area contributed by atoms with Gasteiger partial charge in [0.2, 0.25) is 5.91 Å². The molecule has 3 rings (SSSR count). The monoisotopic (exact) mass is 258 g/mol. The summed E-state index contributed by atoms with van der Waals surface area (Å²) in [7, 11) is 0. The van der Waals surface area contributed by atoms with Gasteiger partial charge in [0.1, 0.15) is 0 Å². The Labute approximate surface area is 110 Å².